The molecule has 0 atom stereocenters. The minimum atomic E-state index is -3.56. The molecule has 1 saturated carbocycles. The summed E-state index contributed by atoms with van der Waals surface area (Å²) >= 11 is 0. The Kier molecular flexibility index (Phi) is 3.70. The number of nitrogens with one attached hydrogen (secondary N) is 1. The van der Waals surface area contributed by atoms with Gasteiger partial charge in [0.05, 0.1) is 6.61 Å². The van der Waals surface area contributed by atoms with E-state index < -0.39 is 10.0 Å². The molecule has 6 heteroatoms. The van der Waals surface area contributed by atoms with Crippen LogP contribution in [0.15, 0.2) is 23.4 Å². The third-order valence-electron chi connectivity index (χ3n) is 3.59. The summed E-state index contributed by atoms with van der Waals surface area (Å²) in [5.41, 5.74) is 0.318. The first-order valence-electron chi connectivity index (χ1n) is 6.11. The minimum Gasteiger partial charge on any atom is -0.392 e. The van der Waals surface area contributed by atoms with Crippen molar-refractivity contribution in [1.29, 1.82) is 0 Å². The second-order valence-corrected chi connectivity index (χ2v) is 6.39. The fourth-order valence-electron chi connectivity index (χ4n) is 2.13. The summed E-state index contributed by atoms with van der Waals surface area (Å²) in [4.78, 5) is 3.89. The molecule has 1 aromatic heterocycles. The van der Waals surface area contributed by atoms with Crippen molar-refractivity contribution in [2.75, 3.05) is 0 Å². The minimum absolute atomic E-state index is 0.0134. The van der Waals surface area contributed by atoms with Crippen LogP contribution in [0.5, 0.6) is 0 Å². The summed E-state index contributed by atoms with van der Waals surface area (Å²) in [6, 6.07) is 3.00. The molecule has 0 aromatic carbocycles. The van der Waals surface area contributed by atoms with Crippen LogP contribution in [-0.4, -0.2) is 24.0 Å². The van der Waals surface area contributed by atoms with Gasteiger partial charge in [-0.1, -0.05) is 13.0 Å². The van der Waals surface area contributed by atoms with Gasteiger partial charge in [-0.25, -0.2) is 18.1 Å². The number of aromatic nitrogens is 1. The van der Waals surface area contributed by atoms with Crippen molar-refractivity contribution < 1.29 is 13.5 Å². The van der Waals surface area contributed by atoms with E-state index in [1.54, 1.807) is 6.07 Å². The summed E-state index contributed by atoms with van der Waals surface area (Å²) in [6.45, 7) is 1.85. The van der Waals surface area contributed by atoms with Crippen molar-refractivity contribution in [3.05, 3.63) is 23.9 Å². The second-order valence-electron chi connectivity index (χ2n) is 4.76. The molecule has 1 heterocycles. The van der Waals surface area contributed by atoms with Gasteiger partial charge in [0, 0.05) is 11.7 Å². The lowest BCUT2D eigenvalue weighted by atomic mass is 9.76. The molecule has 18 heavy (non-hydrogen) atoms. The van der Waals surface area contributed by atoms with E-state index in [1.807, 2.05) is 6.92 Å². The van der Waals surface area contributed by atoms with E-state index in [0.29, 0.717) is 5.56 Å². The summed E-state index contributed by atoms with van der Waals surface area (Å²) in [6.07, 6.45) is 5.01. The molecule has 0 amide bonds. The zero-order valence-corrected chi connectivity index (χ0v) is 11.2. The topological polar surface area (TPSA) is 79.3 Å². The lowest BCUT2D eigenvalue weighted by Gasteiger charge is -2.41. The van der Waals surface area contributed by atoms with Gasteiger partial charge in [0.1, 0.15) is 0 Å². The first-order chi connectivity index (χ1) is 8.51. The molecule has 5 nitrogen and oxygen atoms in total. The number of sulfonamides is 1. The van der Waals surface area contributed by atoms with Gasteiger partial charge in [0.15, 0.2) is 5.03 Å². The number of rotatable bonds is 5. The maximum atomic E-state index is 12.2. The molecule has 1 aliphatic rings. The SMILES string of the molecule is CCC1(NS(=O)(=O)c2ccc(CO)cn2)CCC1. The lowest BCUT2D eigenvalue weighted by Crippen LogP contribution is -2.52. The standard InChI is InChI=1S/C12H18N2O3S/c1-2-12(6-3-7-12)14-18(16,17)11-5-4-10(9-15)8-13-11/h4-5,8,14-15H,2-3,6-7,9H2,1H3. The number of aliphatic hydroxyl groups excluding tert-OH is 1. The molecule has 100 valence electrons. The maximum absolute atomic E-state index is 12.2. The predicted molar refractivity (Wildman–Crippen MR) is 67.4 cm³/mol. The van der Waals surface area contributed by atoms with Crippen LogP contribution in [0.1, 0.15) is 38.2 Å². The van der Waals surface area contributed by atoms with E-state index in [1.165, 1.54) is 12.3 Å². The van der Waals surface area contributed by atoms with E-state index >= 15 is 0 Å². The normalized spacial score (nSPS) is 18.3. The fourth-order valence-corrected chi connectivity index (χ4v) is 3.59. The first kappa shape index (κ1) is 13.5. The Morgan fingerprint density at radius 2 is 2.17 bits per heavy atom. The Bertz CT molecular complexity index is 501. The number of nitrogens with zero attached hydrogens (tertiary/aromatic N) is 1. The highest BCUT2D eigenvalue weighted by molar-refractivity contribution is 7.89. The Morgan fingerprint density at radius 3 is 2.56 bits per heavy atom. The van der Waals surface area contributed by atoms with Crippen LogP contribution in [0.4, 0.5) is 0 Å². The molecule has 0 saturated heterocycles. The number of pyridine rings is 1. The summed E-state index contributed by atoms with van der Waals surface area (Å²) in [5, 5.41) is 8.91. The third kappa shape index (κ3) is 2.55. The van der Waals surface area contributed by atoms with Gasteiger partial charge >= 0.3 is 0 Å². The third-order valence-corrected chi connectivity index (χ3v) is 5.09. The van der Waals surface area contributed by atoms with Crippen LogP contribution >= 0.6 is 0 Å². The monoisotopic (exact) mass is 270 g/mol. The first-order valence-corrected chi connectivity index (χ1v) is 7.59. The second kappa shape index (κ2) is 4.95. The molecule has 2 rings (SSSR count). The van der Waals surface area contributed by atoms with Crippen LogP contribution < -0.4 is 4.72 Å². The van der Waals surface area contributed by atoms with Crippen molar-refractivity contribution in [2.45, 2.75) is 49.8 Å². The summed E-state index contributed by atoms with van der Waals surface area (Å²) in [5.74, 6) is 0. The van der Waals surface area contributed by atoms with Crippen molar-refractivity contribution in [3.63, 3.8) is 0 Å². The Hall–Kier alpha value is -0.980. The highest BCUT2D eigenvalue weighted by atomic mass is 32.2. The van der Waals surface area contributed by atoms with Gasteiger partial charge in [0.2, 0.25) is 0 Å². The predicted octanol–water partition coefficient (Wildman–Crippen LogP) is 1.18. The molecular formula is C12H18N2O3S. The van der Waals surface area contributed by atoms with Gasteiger partial charge in [-0.05, 0) is 37.3 Å². The Morgan fingerprint density at radius 1 is 1.44 bits per heavy atom. The van der Waals surface area contributed by atoms with Gasteiger partial charge in [0.25, 0.3) is 10.0 Å². The smallest absolute Gasteiger partial charge is 0.258 e. The van der Waals surface area contributed by atoms with E-state index in [9.17, 15) is 8.42 Å². The van der Waals surface area contributed by atoms with Crippen LogP contribution in [0.25, 0.3) is 0 Å². The van der Waals surface area contributed by atoms with E-state index in [2.05, 4.69) is 9.71 Å². The number of hydrogen-bond donors (Lipinski definition) is 2. The molecule has 1 aromatic rings. The highest BCUT2D eigenvalue weighted by Gasteiger charge is 2.39. The molecule has 0 aliphatic heterocycles. The van der Waals surface area contributed by atoms with Gasteiger partial charge in [-0.15, -0.1) is 0 Å². The maximum Gasteiger partial charge on any atom is 0.258 e. The van der Waals surface area contributed by atoms with E-state index in [-0.39, 0.29) is 17.2 Å². The number of aliphatic hydroxyl groups is 1. The van der Waals surface area contributed by atoms with Gasteiger partial charge in [-0.2, -0.15) is 0 Å². The highest BCUT2D eigenvalue weighted by Crippen LogP contribution is 2.35. The quantitative estimate of drug-likeness (QED) is 0.842. The molecule has 0 radical (unpaired) electrons. The van der Waals surface area contributed by atoms with Crippen molar-refractivity contribution in [2.24, 2.45) is 0 Å². The molecule has 1 fully saturated rings. The van der Waals surface area contributed by atoms with Crippen LogP contribution in [0.2, 0.25) is 0 Å². The van der Waals surface area contributed by atoms with Crippen molar-refractivity contribution >= 4 is 10.0 Å². The van der Waals surface area contributed by atoms with E-state index in [4.69, 9.17) is 5.11 Å². The van der Waals surface area contributed by atoms with Crippen LogP contribution in [0.3, 0.4) is 0 Å². The molecule has 1 aliphatic carbocycles. The van der Waals surface area contributed by atoms with Crippen LogP contribution in [-0.2, 0) is 16.6 Å². The summed E-state index contributed by atoms with van der Waals surface area (Å²) in [7, 11) is -3.56. The summed E-state index contributed by atoms with van der Waals surface area (Å²) < 4.78 is 27.1. The van der Waals surface area contributed by atoms with Crippen LogP contribution in [0, 0.1) is 0 Å². The molecule has 0 spiro atoms. The van der Waals surface area contributed by atoms with Crippen molar-refractivity contribution in [1.82, 2.24) is 9.71 Å². The fraction of sp³-hybridized carbons (Fsp3) is 0.583. The zero-order valence-electron chi connectivity index (χ0n) is 10.4. The average Bonchev–Trinajstić information content (AvgIpc) is 2.34. The molecule has 0 bridgehead atoms. The molecule has 2 N–H and O–H groups in total. The largest absolute Gasteiger partial charge is 0.392 e. The Labute approximate surface area is 107 Å². The van der Waals surface area contributed by atoms with Gasteiger partial charge in [-0.3, -0.25) is 0 Å². The average molecular weight is 270 g/mol. The van der Waals surface area contributed by atoms with Crippen molar-refractivity contribution in [3.8, 4) is 0 Å². The lowest BCUT2D eigenvalue weighted by molar-refractivity contribution is 0.213. The van der Waals surface area contributed by atoms with E-state index in [0.717, 1.165) is 25.7 Å². The zero-order chi connectivity index (χ0) is 13.2. The Balaban J connectivity index is 2.19. The number of hydrogen-bond acceptors (Lipinski definition) is 4. The molecule has 0 unspecified atom stereocenters. The van der Waals surface area contributed by atoms with Gasteiger partial charge < -0.3 is 5.11 Å². The molecular weight excluding hydrogens is 252 g/mol.